The van der Waals surface area contributed by atoms with Crippen LogP contribution in [0.1, 0.15) is 24.5 Å². The number of carboxylic acids is 1. The number of nitrogens with one attached hydrogen (secondary N) is 1. The van der Waals surface area contributed by atoms with E-state index >= 15 is 0 Å². The van der Waals surface area contributed by atoms with E-state index in [0.717, 1.165) is 11.1 Å². The first kappa shape index (κ1) is 13.8. The Labute approximate surface area is 106 Å². The summed E-state index contributed by atoms with van der Waals surface area (Å²) in [5, 5.41) is 11.3. The predicted molar refractivity (Wildman–Crippen MR) is 68.0 cm³/mol. The number of carbonyl (C=O) groups excluding carboxylic acids is 1. The lowest BCUT2D eigenvalue weighted by atomic mass is 10.1. The molecule has 0 spiro atoms. The molecule has 1 aromatic rings. The van der Waals surface area contributed by atoms with Gasteiger partial charge in [-0.25, -0.2) is 0 Å². The van der Waals surface area contributed by atoms with Gasteiger partial charge in [0.2, 0.25) is 5.91 Å². The maximum Gasteiger partial charge on any atom is 0.307 e. The van der Waals surface area contributed by atoms with E-state index in [1.54, 1.807) is 18.2 Å². The summed E-state index contributed by atoms with van der Waals surface area (Å²) >= 11 is 0. The minimum atomic E-state index is -0.856. The second kappa shape index (κ2) is 7.13. The smallest absolute Gasteiger partial charge is 0.307 e. The Morgan fingerprint density at radius 2 is 2.17 bits per heavy atom. The normalized spacial score (nSPS) is 9.17. The van der Waals surface area contributed by atoms with Crippen molar-refractivity contribution >= 4 is 11.9 Å². The number of hydrogen-bond donors (Lipinski definition) is 2. The maximum absolute atomic E-state index is 10.6. The van der Waals surface area contributed by atoms with Crippen LogP contribution in [0.2, 0.25) is 0 Å². The molecule has 4 nitrogen and oxygen atoms in total. The van der Waals surface area contributed by atoms with Crippen LogP contribution in [0.3, 0.4) is 0 Å². The summed E-state index contributed by atoms with van der Waals surface area (Å²) in [5.41, 5.74) is 1.52. The molecular weight excluding hydrogens is 230 g/mol. The van der Waals surface area contributed by atoms with Crippen LogP contribution >= 0.6 is 0 Å². The van der Waals surface area contributed by atoms with Crippen LogP contribution in [0, 0.1) is 11.8 Å². The van der Waals surface area contributed by atoms with Crippen molar-refractivity contribution in [2.24, 2.45) is 0 Å². The average Bonchev–Trinajstić information content (AvgIpc) is 2.27. The van der Waals surface area contributed by atoms with Gasteiger partial charge in [0.15, 0.2) is 0 Å². The summed E-state index contributed by atoms with van der Waals surface area (Å²) in [6.07, 6.45) is 0.574. The highest BCUT2D eigenvalue weighted by Gasteiger charge is 1.99. The van der Waals surface area contributed by atoms with Gasteiger partial charge in [-0.15, -0.1) is 0 Å². The van der Waals surface area contributed by atoms with E-state index in [2.05, 4.69) is 17.2 Å². The highest BCUT2D eigenvalue weighted by Crippen LogP contribution is 2.04. The molecule has 0 atom stereocenters. The van der Waals surface area contributed by atoms with E-state index in [0.29, 0.717) is 13.0 Å². The van der Waals surface area contributed by atoms with E-state index < -0.39 is 5.97 Å². The molecule has 2 N–H and O–H groups in total. The molecule has 0 heterocycles. The van der Waals surface area contributed by atoms with Gasteiger partial charge in [0.05, 0.1) is 6.42 Å². The molecule has 0 unspecified atom stereocenters. The van der Waals surface area contributed by atoms with Gasteiger partial charge in [0, 0.05) is 25.5 Å². The van der Waals surface area contributed by atoms with E-state index in [-0.39, 0.29) is 12.3 Å². The van der Waals surface area contributed by atoms with Gasteiger partial charge in [-0.3, -0.25) is 9.59 Å². The van der Waals surface area contributed by atoms with Crippen molar-refractivity contribution in [1.29, 1.82) is 0 Å². The van der Waals surface area contributed by atoms with Crippen molar-refractivity contribution in [2.75, 3.05) is 6.54 Å². The van der Waals surface area contributed by atoms with Crippen molar-refractivity contribution in [3.05, 3.63) is 35.4 Å². The largest absolute Gasteiger partial charge is 0.481 e. The third-order valence-corrected chi connectivity index (χ3v) is 2.14. The zero-order valence-electron chi connectivity index (χ0n) is 10.2. The Morgan fingerprint density at radius 3 is 2.83 bits per heavy atom. The summed E-state index contributed by atoms with van der Waals surface area (Å²) in [4.78, 5) is 21.2. The summed E-state index contributed by atoms with van der Waals surface area (Å²) < 4.78 is 0. The maximum atomic E-state index is 10.6. The van der Waals surface area contributed by atoms with Crippen LogP contribution in [-0.4, -0.2) is 23.5 Å². The van der Waals surface area contributed by atoms with Crippen LogP contribution in [0.15, 0.2) is 24.3 Å². The van der Waals surface area contributed by atoms with Crippen LogP contribution in [0.5, 0.6) is 0 Å². The van der Waals surface area contributed by atoms with Crippen molar-refractivity contribution < 1.29 is 14.7 Å². The number of rotatable bonds is 4. The van der Waals surface area contributed by atoms with E-state index in [4.69, 9.17) is 5.11 Å². The summed E-state index contributed by atoms with van der Waals surface area (Å²) in [6, 6.07) is 7.14. The van der Waals surface area contributed by atoms with Gasteiger partial charge in [0.25, 0.3) is 0 Å². The predicted octanol–water partition coefficient (Wildman–Crippen LogP) is 1.19. The molecule has 0 aliphatic heterocycles. The fraction of sp³-hybridized carbons (Fsp3) is 0.286. The molecule has 1 aromatic carbocycles. The first-order valence-electron chi connectivity index (χ1n) is 5.62. The molecule has 0 bridgehead atoms. The number of carboxylic acid groups (broad SMARTS) is 1. The van der Waals surface area contributed by atoms with Crippen LogP contribution in [-0.2, 0) is 16.0 Å². The van der Waals surface area contributed by atoms with Crippen LogP contribution < -0.4 is 5.32 Å². The first-order valence-corrected chi connectivity index (χ1v) is 5.62. The van der Waals surface area contributed by atoms with Gasteiger partial charge < -0.3 is 10.4 Å². The monoisotopic (exact) mass is 245 g/mol. The molecule has 1 amide bonds. The highest BCUT2D eigenvalue weighted by atomic mass is 16.4. The van der Waals surface area contributed by atoms with Gasteiger partial charge in [-0.1, -0.05) is 24.0 Å². The first-order chi connectivity index (χ1) is 8.58. The lowest BCUT2D eigenvalue weighted by Gasteiger charge is -1.97. The SMILES string of the molecule is CC(=O)NCCC#Cc1cccc(CC(=O)O)c1. The second-order valence-corrected chi connectivity index (χ2v) is 3.81. The van der Waals surface area contributed by atoms with Crippen molar-refractivity contribution in [3.8, 4) is 11.8 Å². The zero-order chi connectivity index (χ0) is 13.4. The van der Waals surface area contributed by atoms with Gasteiger partial charge >= 0.3 is 5.97 Å². The van der Waals surface area contributed by atoms with E-state index in [1.807, 2.05) is 6.07 Å². The molecule has 1 rings (SSSR count). The number of amides is 1. The lowest BCUT2D eigenvalue weighted by Crippen LogP contribution is -2.20. The molecule has 94 valence electrons. The van der Waals surface area contributed by atoms with E-state index in [1.165, 1.54) is 6.92 Å². The standard InChI is InChI=1S/C14H15NO3/c1-11(16)15-8-3-2-5-12-6-4-7-13(9-12)10-14(17)18/h4,6-7,9H,3,8,10H2,1H3,(H,15,16)(H,17,18). The summed E-state index contributed by atoms with van der Waals surface area (Å²) in [5.74, 6) is 4.94. The second-order valence-electron chi connectivity index (χ2n) is 3.81. The summed E-state index contributed by atoms with van der Waals surface area (Å²) in [7, 11) is 0. The molecule has 0 radical (unpaired) electrons. The minimum Gasteiger partial charge on any atom is -0.481 e. The van der Waals surface area contributed by atoms with Gasteiger partial charge in [-0.05, 0) is 17.7 Å². The van der Waals surface area contributed by atoms with Gasteiger partial charge in [-0.2, -0.15) is 0 Å². The van der Waals surface area contributed by atoms with E-state index in [9.17, 15) is 9.59 Å². The van der Waals surface area contributed by atoms with Crippen molar-refractivity contribution in [2.45, 2.75) is 19.8 Å². The van der Waals surface area contributed by atoms with Crippen molar-refractivity contribution in [1.82, 2.24) is 5.32 Å². The molecular formula is C14H15NO3. The number of aliphatic carboxylic acids is 1. The third-order valence-electron chi connectivity index (χ3n) is 2.14. The zero-order valence-corrected chi connectivity index (χ0v) is 10.2. The van der Waals surface area contributed by atoms with Crippen molar-refractivity contribution in [3.63, 3.8) is 0 Å². The topological polar surface area (TPSA) is 66.4 Å². The Kier molecular flexibility index (Phi) is 5.46. The summed E-state index contributed by atoms with van der Waals surface area (Å²) in [6.45, 7) is 1.99. The molecule has 18 heavy (non-hydrogen) atoms. The number of benzene rings is 1. The fourth-order valence-electron chi connectivity index (χ4n) is 1.40. The van der Waals surface area contributed by atoms with Crippen LogP contribution in [0.25, 0.3) is 0 Å². The van der Waals surface area contributed by atoms with Crippen LogP contribution in [0.4, 0.5) is 0 Å². The molecule has 0 saturated carbocycles. The molecule has 0 aromatic heterocycles. The minimum absolute atomic E-state index is 0.00140. The highest BCUT2D eigenvalue weighted by molar-refractivity contribution is 5.72. The molecule has 4 heteroatoms. The quantitative estimate of drug-likeness (QED) is 0.618. The average molecular weight is 245 g/mol. The Morgan fingerprint density at radius 1 is 1.39 bits per heavy atom. The van der Waals surface area contributed by atoms with Gasteiger partial charge in [0.1, 0.15) is 0 Å². The lowest BCUT2D eigenvalue weighted by molar-refractivity contribution is -0.136. The fourth-order valence-corrected chi connectivity index (χ4v) is 1.40. The molecule has 0 fully saturated rings. The molecule has 0 aliphatic carbocycles. The Hall–Kier alpha value is -2.28. The number of hydrogen-bond acceptors (Lipinski definition) is 2. The Bertz CT molecular complexity index is 497. The Balaban J connectivity index is 2.54. The molecule has 0 aliphatic rings. The number of carbonyl (C=O) groups is 2. The third kappa shape index (κ3) is 5.71. The molecule has 0 saturated heterocycles.